The molecule has 2 fully saturated rings. The van der Waals surface area contributed by atoms with E-state index in [1.165, 1.54) is 4.90 Å². The normalized spacial score (nSPS) is 29.0. The number of carboxylic acid groups (broad SMARTS) is 1. The number of urea groups is 1. The van der Waals surface area contributed by atoms with E-state index < -0.39 is 11.5 Å². The Labute approximate surface area is 125 Å². The molecule has 2 saturated heterocycles. The maximum atomic E-state index is 12.5. The lowest BCUT2D eigenvalue weighted by Gasteiger charge is -2.42. The zero-order valence-electron chi connectivity index (χ0n) is 12.9. The van der Waals surface area contributed by atoms with Gasteiger partial charge in [0.15, 0.2) is 0 Å². The van der Waals surface area contributed by atoms with Crippen molar-refractivity contribution in [2.45, 2.75) is 57.5 Å². The summed E-state index contributed by atoms with van der Waals surface area (Å²) in [6, 6.07) is -0.208. The third kappa shape index (κ3) is 3.48. The first-order valence-electron chi connectivity index (χ1n) is 7.84. The van der Waals surface area contributed by atoms with Crippen LogP contribution in [0.25, 0.3) is 0 Å². The lowest BCUT2D eigenvalue weighted by molar-refractivity contribution is -0.150. The molecule has 0 aliphatic carbocycles. The fourth-order valence-electron chi connectivity index (χ4n) is 3.28. The van der Waals surface area contributed by atoms with Crippen molar-refractivity contribution in [1.82, 2.24) is 10.2 Å². The average molecular weight is 298 g/mol. The van der Waals surface area contributed by atoms with Crippen molar-refractivity contribution in [3.8, 4) is 0 Å². The van der Waals surface area contributed by atoms with Crippen LogP contribution in [0, 0.1) is 5.92 Å². The minimum atomic E-state index is -1.09. The highest BCUT2D eigenvalue weighted by molar-refractivity contribution is 5.86. The van der Waals surface area contributed by atoms with Crippen molar-refractivity contribution in [1.29, 1.82) is 0 Å². The summed E-state index contributed by atoms with van der Waals surface area (Å²) in [7, 11) is 0. The largest absolute Gasteiger partial charge is 0.480 e. The van der Waals surface area contributed by atoms with Crippen LogP contribution in [0.5, 0.6) is 0 Å². The smallest absolute Gasteiger partial charge is 0.329 e. The van der Waals surface area contributed by atoms with E-state index in [-0.39, 0.29) is 12.1 Å². The highest BCUT2D eigenvalue weighted by atomic mass is 16.5. The number of ether oxygens (including phenoxy) is 1. The molecule has 0 aromatic rings. The second-order valence-corrected chi connectivity index (χ2v) is 6.38. The van der Waals surface area contributed by atoms with Crippen LogP contribution in [0.15, 0.2) is 0 Å². The maximum absolute atomic E-state index is 12.5. The van der Waals surface area contributed by atoms with E-state index in [1.54, 1.807) is 6.92 Å². The molecule has 2 aliphatic heterocycles. The van der Waals surface area contributed by atoms with Gasteiger partial charge in [-0.25, -0.2) is 9.59 Å². The van der Waals surface area contributed by atoms with Crippen molar-refractivity contribution in [3.05, 3.63) is 0 Å². The van der Waals surface area contributed by atoms with Gasteiger partial charge in [0.2, 0.25) is 0 Å². The molecule has 0 aromatic carbocycles. The molecular formula is C15H26N2O4. The number of nitrogens with zero attached hydrogens (tertiary/aromatic N) is 1. The topological polar surface area (TPSA) is 78.9 Å². The monoisotopic (exact) mass is 298 g/mol. The number of amides is 2. The molecule has 2 unspecified atom stereocenters. The number of aliphatic carboxylic acids is 1. The average Bonchev–Trinajstić information content (AvgIpc) is 2.48. The number of likely N-dealkylation sites (tertiary alicyclic amines) is 1. The Morgan fingerprint density at radius 2 is 2.00 bits per heavy atom. The zero-order chi connectivity index (χ0) is 15.5. The van der Waals surface area contributed by atoms with Gasteiger partial charge < -0.3 is 20.1 Å². The molecule has 6 nitrogen and oxygen atoms in total. The Morgan fingerprint density at radius 3 is 2.62 bits per heavy atom. The zero-order valence-corrected chi connectivity index (χ0v) is 12.9. The van der Waals surface area contributed by atoms with Crippen molar-refractivity contribution in [2.75, 3.05) is 19.8 Å². The lowest BCUT2D eigenvalue weighted by atomic mass is 9.88. The lowest BCUT2D eigenvalue weighted by Crippen LogP contribution is -2.61. The fourth-order valence-corrected chi connectivity index (χ4v) is 3.28. The van der Waals surface area contributed by atoms with Crippen molar-refractivity contribution < 1.29 is 19.4 Å². The number of hydrogen-bond acceptors (Lipinski definition) is 3. The standard InChI is InChI=1S/C15H26N2O4/c1-11(12-5-9-21-10-6-12)16-14(20)17-8-4-3-7-15(17,2)13(18)19/h11-12H,3-10H2,1-2H3,(H,16,20)(H,18,19). The predicted octanol–water partition coefficient (Wildman–Crippen LogP) is 1.84. The molecule has 0 bridgehead atoms. The molecule has 21 heavy (non-hydrogen) atoms. The minimum absolute atomic E-state index is 0.0429. The van der Waals surface area contributed by atoms with Crippen molar-refractivity contribution >= 4 is 12.0 Å². The van der Waals surface area contributed by atoms with E-state index in [0.29, 0.717) is 18.9 Å². The molecule has 2 aliphatic rings. The van der Waals surface area contributed by atoms with E-state index in [2.05, 4.69) is 5.32 Å². The summed E-state index contributed by atoms with van der Waals surface area (Å²) in [4.78, 5) is 25.5. The van der Waals surface area contributed by atoms with Gasteiger partial charge in [0.25, 0.3) is 0 Å². The van der Waals surface area contributed by atoms with Crippen LogP contribution in [0.4, 0.5) is 4.79 Å². The second kappa shape index (κ2) is 6.64. The van der Waals surface area contributed by atoms with E-state index >= 15 is 0 Å². The number of rotatable bonds is 3. The van der Waals surface area contributed by atoms with E-state index in [0.717, 1.165) is 38.9 Å². The summed E-state index contributed by atoms with van der Waals surface area (Å²) in [5.41, 5.74) is -1.09. The van der Waals surface area contributed by atoms with Crippen LogP contribution in [0.2, 0.25) is 0 Å². The summed E-state index contributed by atoms with van der Waals surface area (Å²) in [5, 5.41) is 12.5. The molecule has 2 amide bonds. The summed E-state index contributed by atoms with van der Waals surface area (Å²) in [6.07, 6.45) is 4.11. The Morgan fingerprint density at radius 1 is 1.33 bits per heavy atom. The Bertz CT molecular complexity index is 395. The summed E-state index contributed by atoms with van der Waals surface area (Å²) < 4.78 is 5.33. The number of nitrogens with one attached hydrogen (secondary N) is 1. The molecule has 120 valence electrons. The Kier molecular flexibility index (Phi) is 5.08. The fraction of sp³-hybridized carbons (Fsp3) is 0.867. The molecule has 2 heterocycles. The molecule has 2 N–H and O–H groups in total. The molecular weight excluding hydrogens is 272 g/mol. The molecule has 0 saturated carbocycles. The summed E-state index contributed by atoms with van der Waals surface area (Å²) in [6.45, 7) is 5.63. The van der Waals surface area contributed by atoms with Crippen molar-refractivity contribution in [2.24, 2.45) is 5.92 Å². The Balaban J connectivity index is 1.98. The van der Waals surface area contributed by atoms with Crippen LogP contribution in [0.3, 0.4) is 0 Å². The van der Waals surface area contributed by atoms with Gasteiger partial charge in [-0.05, 0) is 51.9 Å². The predicted molar refractivity (Wildman–Crippen MR) is 78.1 cm³/mol. The molecule has 0 aromatic heterocycles. The summed E-state index contributed by atoms with van der Waals surface area (Å²) >= 11 is 0. The van der Waals surface area contributed by atoms with Gasteiger partial charge in [-0.15, -0.1) is 0 Å². The van der Waals surface area contributed by atoms with Crippen LogP contribution >= 0.6 is 0 Å². The Hall–Kier alpha value is -1.30. The van der Waals surface area contributed by atoms with Crippen LogP contribution in [-0.2, 0) is 9.53 Å². The van der Waals surface area contributed by atoms with Crippen LogP contribution in [-0.4, -0.2) is 53.3 Å². The third-order valence-corrected chi connectivity index (χ3v) is 4.92. The molecule has 6 heteroatoms. The quantitative estimate of drug-likeness (QED) is 0.833. The SMILES string of the molecule is CC(NC(=O)N1CCCCC1(C)C(=O)O)C1CCOCC1. The molecule has 0 spiro atoms. The van der Waals surface area contributed by atoms with E-state index in [4.69, 9.17) is 4.74 Å². The number of carboxylic acids is 1. The van der Waals surface area contributed by atoms with E-state index in [9.17, 15) is 14.7 Å². The maximum Gasteiger partial charge on any atom is 0.329 e. The number of hydrogen-bond donors (Lipinski definition) is 2. The highest BCUT2D eigenvalue weighted by Crippen LogP contribution is 2.28. The first kappa shape index (κ1) is 16.1. The van der Waals surface area contributed by atoms with Gasteiger partial charge in [0.05, 0.1) is 0 Å². The highest BCUT2D eigenvalue weighted by Gasteiger charge is 2.44. The number of carbonyl (C=O) groups is 2. The van der Waals surface area contributed by atoms with Gasteiger partial charge >= 0.3 is 12.0 Å². The molecule has 0 radical (unpaired) electrons. The second-order valence-electron chi connectivity index (χ2n) is 6.38. The first-order valence-corrected chi connectivity index (χ1v) is 7.84. The van der Waals surface area contributed by atoms with Gasteiger partial charge in [-0.2, -0.15) is 0 Å². The van der Waals surface area contributed by atoms with Gasteiger partial charge in [-0.1, -0.05) is 0 Å². The van der Waals surface area contributed by atoms with E-state index in [1.807, 2.05) is 6.92 Å². The van der Waals surface area contributed by atoms with Gasteiger partial charge in [-0.3, -0.25) is 0 Å². The first-order chi connectivity index (χ1) is 9.95. The van der Waals surface area contributed by atoms with Crippen LogP contribution < -0.4 is 5.32 Å². The molecule has 2 rings (SSSR count). The van der Waals surface area contributed by atoms with Crippen molar-refractivity contribution in [3.63, 3.8) is 0 Å². The number of piperidine rings is 1. The third-order valence-electron chi connectivity index (χ3n) is 4.92. The summed E-state index contributed by atoms with van der Waals surface area (Å²) in [5.74, 6) is -0.514. The van der Waals surface area contributed by atoms with Crippen LogP contribution in [0.1, 0.15) is 46.0 Å². The van der Waals surface area contributed by atoms with Gasteiger partial charge in [0.1, 0.15) is 5.54 Å². The molecule has 2 atom stereocenters. The number of carbonyl (C=O) groups excluding carboxylic acids is 1. The van der Waals surface area contributed by atoms with Gasteiger partial charge in [0, 0.05) is 25.8 Å². The minimum Gasteiger partial charge on any atom is -0.480 e.